The number of hydrogen-bond acceptors (Lipinski definition) is 3. The Morgan fingerprint density at radius 3 is 2.56 bits per heavy atom. The quantitative estimate of drug-likeness (QED) is 0.871. The Labute approximate surface area is 107 Å². The molecule has 0 saturated heterocycles. The highest BCUT2D eigenvalue weighted by molar-refractivity contribution is 5.91. The predicted octanol–water partition coefficient (Wildman–Crippen LogP) is 1.90. The van der Waals surface area contributed by atoms with Gasteiger partial charge in [0.25, 0.3) is 5.91 Å². The third-order valence-electron chi connectivity index (χ3n) is 4.57. The first kappa shape index (κ1) is 11.8. The summed E-state index contributed by atoms with van der Waals surface area (Å²) < 4.78 is 5.16. The number of nitrogens with zero attached hydrogens (tertiary/aromatic N) is 1. The van der Waals surface area contributed by atoms with Gasteiger partial charge < -0.3 is 14.4 Å². The number of amides is 1. The topological polar surface area (TPSA) is 53.7 Å². The first-order chi connectivity index (χ1) is 8.65. The Morgan fingerprint density at radius 1 is 1.33 bits per heavy atom. The van der Waals surface area contributed by atoms with E-state index in [1.165, 1.54) is 6.26 Å². The van der Waals surface area contributed by atoms with Crippen LogP contribution in [0.15, 0.2) is 22.8 Å². The van der Waals surface area contributed by atoms with Crippen molar-refractivity contribution in [1.82, 2.24) is 4.90 Å². The van der Waals surface area contributed by atoms with E-state index in [-0.39, 0.29) is 12.0 Å². The second-order valence-corrected chi connectivity index (χ2v) is 5.66. The molecule has 1 aromatic rings. The third kappa shape index (κ3) is 1.94. The molecule has 4 nitrogen and oxygen atoms in total. The van der Waals surface area contributed by atoms with Crippen LogP contribution in [0.3, 0.4) is 0 Å². The van der Waals surface area contributed by atoms with Crippen LogP contribution in [0, 0.1) is 11.8 Å². The summed E-state index contributed by atoms with van der Waals surface area (Å²) in [6, 6.07) is 3.74. The molecule has 1 aromatic heterocycles. The summed E-state index contributed by atoms with van der Waals surface area (Å²) >= 11 is 0. The fraction of sp³-hybridized carbons (Fsp3) is 0.643. The first-order valence-corrected chi connectivity index (χ1v) is 6.64. The Kier molecular flexibility index (Phi) is 2.90. The Hall–Kier alpha value is -1.29. The molecule has 0 spiro atoms. The van der Waals surface area contributed by atoms with Crippen molar-refractivity contribution in [2.75, 3.05) is 7.05 Å². The number of furan rings is 1. The van der Waals surface area contributed by atoms with Crippen molar-refractivity contribution in [2.45, 2.75) is 37.8 Å². The van der Waals surface area contributed by atoms with Gasteiger partial charge in [0, 0.05) is 13.1 Å². The van der Waals surface area contributed by atoms with Gasteiger partial charge in [0.05, 0.1) is 12.4 Å². The largest absolute Gasteiger partial charge is 0.459 e. The molecule has 3 rings (SSSR count). The van der Waals surface area contributed by atoms with Gasteiger partial charge in [-0.2, -0.15) is 0 Å². The summed E-state index contributed by atoms with van der Waals surface area (Å²) in [5.41, 5.74) is 0. The molecule has 0 aliphatic heterocycles. The molecule has 4 atom stereocenters. The van der Waals surface area contributed by atoms with Gasteiger partial charge in [0.15, 0.2) is 5.76 Å². The highest BCUT2D eigenvalue weighted by atomic mass is 16.3. The first-order valence-electron chi connectivity index (χ1n) is 6.64. The molecule has 0 radical (unpaired) electrons. The molecule has 0 bridgehead atoms. The van der Waals surface area contributed by atoms with Crippen LogP contribution in [0.4, 0.5) is 0 Å². The molecule has 2 fully saturated rings. The number of aliphatic hydroxyl groups is 1. The molecule has 0 aromatic carbocycles. The van der Waals surface area contributed by atoms with Gasteiger partial charge in [-0.15, -0.1) is 0 Å². The third-order valence-corrected chi connectivity index (χ3v) is 4.57. The molecule has 4 heteroatoms. The summed E-state index contributed by atoms with van der Waals surface area (Å²) in [5, 5.41) is 9.62. The maximum atomic E-state index is 12.2. The van der Waals surface area contributed by atoms with Crippen molar-refractivity contribution >= 4 is 5.91 Å². The van der Waals surface area contributed by atoms with E-state index in [0.29, 0.717) is 23.6 Å². The van der Waals surface area contributed by atoms with E-state index in [9.17, 15) is 9.90 Å². The zero-order valence-corrected chi connectivity index (χ0v) is 10.6. The number of aliphatic hydroxyl groups excluding tert-OH is 1. The minimum atomic E-state index is -0.118. The van der Waals surface area contributed by atoms with Crippen LogP contribution in [-0.2, 0) is 0 Å². The van der Waals surface area contributed by atoms with Gasteiger partial charge in [0.1, 0.15) is 0 Å². The SMILES string of the molecule is CN(C(=O)c1ccco1)C1C[C@H]2CC(O)C[C@H]2C1. The van der Waals surface area contributed by atoms with Crippen LogP contribution in [-0.4, -0.2) is 35.1 Å². The minimum absolute atomic E-state index is 0.0366. The molecule has 1 heterocycles. The molecule has 18 heavy (non-hydrogen) atoms. The van der Waals surface area contributed by atoms with Crippen LogP contribution in [0.5, 0.6) is 0 Å². The summed E-state index contributed by atoms with van der Waals surface area (Å²) in [7, 11) is 1.85. The highest BCUT2D eigenvalue weighted by Crippen LogP contribution is 2.45. The van der Waals surface area contributed by atoms with Gasteiger partial charge in [-0.05, 0) is 49.7 Å². The number of rotatable bonds is 2. The van der Waals surface area contributed by atoms with Crippen molar-refractivity contribution in [2.24, 2.45) is 11.8 Å². The van der Waals surface area contributed by atoms with E-state index in [1.807, 2.05) is 11.9 Å². The van der Waals surface area contributed by atoms with E-state index >= 15 is 0 Å². The Balaban J connectivity index is 1.65. The van der Waals surface area contributed by atoms with E-state index in [4.69, 9.17) is 4.42 Å². The summed E-state index contributed by atoms with van der Waals surface area (Å²) in [5.74, 6) is 1.56. The predicted molar refractivity (Wildman–Crippen MR) is 66.0 cm³/mol. The molecule has 2 unspecified atom stereocenters. The van der Waals surface area contributed by atoms with Crippen molar-refractivity contribution < 1.29 is 14.3 Å². The minimum Gasteiger partial charge on any atom is -0.459 e. The fourth-order valence-corrected chi connectivity index (χ4v) is 3.61. The highest BCUT2D eigenvalue weighted by Gasteiger charge is 2.43. The van der Waals surface area contributed by atoms with Gasteiger partial charge >= 0.3 is 0 Å². The van der Waals surface area contributed by atoms with Gasteiger partial charge in [-0.3, -0.25) is 4.79 Å². The lowest BCUT2D eigenvalue weighted by molar-refractivity contribution is 0.0690. The second-order valence-electron chi connectivity index (χ2n) is 5.66. The number of fused-ring (bicyclic) bond motifs is 1. The molecule has 1 N–H and O–H groups in total. The average molecular weight is 249 g/mol. The van der Waals surface area contributed by atoms with Crippen LogP contribution < -0.4 is 0 Å². The van der Waals surface area contributed by atoms with Crippen molar-refractivity contribution in [3.05, 3.63) is 24.2 Å². The van der Waals surface area contributed by atoms with E-state index in [1.54, 1.807) is 12.1 Å². The summed E-state index contributed by atoms with van der Waals surface area (Å²) in [4.78, 5) is 14.0. The molecule has 98 valence electrons. The summed E-state index contributed by atoms with van der Waals surface area (Å²) in [6.07, 6.45) is 5.26. The molecule has 2 saturated carbocycles. The Morgan fingerprint density at radius 2 is 2.00 bits per heavy atom. The van der Waals surface area contributed by atoms with Crippen LogP contribution in [0.25, 0.3) is 0 Å². The molecular formula is C14H19NO3. The van der Waals surface area contributed by atoms with Crippen LogP contribution >= 0.6 is 0 Å². The zero-order chi connectivity index (χ0) is 12.7. The number of carbonyl (C=O) groups is 1. The molecular weight excluding hydrogens is 230 g/mol. The fourth-order valence-electron chi connectivity index (χ4n) is 3.61. The number of carbonyl (C=O) groups excluding carboxylic acids is 1. The smallest absolute Gasteiger partial charge is 0.289 e. The number of hydrogen-bond donors (Lipinski definition) is 1. The monoisotopic (exact) mass is 249 g/mol. The average Bonchev–Trinajstić information content (AvgIpc) is 3.00. The van der Waals surface area contributed by atoms with Gasteiger partial charge in [0.2, 0.25) is 0 Å². The van der Waals surface area contributed by atoms with Gasteiger partial charge in [-0.1, -0.05) is 0 Å². The van der Waals surface area contributed by atoms with Crippen LogP contribution in [0.2, 0.25) is 0 Å². The van der Waals surface area contributed by atoms with Gasteiger partial charge in [-0.25, -0.2) is 0 Å². The maximum Gasteiger partial charge on any atom is 0.289 e. The maximum absolute atomic E-state index is 12.2. The Bertz CT molecular complexity index is 414. The lowest BCUT2D eigenvalue weighted by atomic mass is 10.0. The van der Waals surface area contributed by atoms with Crippen molar-refractivity contribution in [3.63, 3.8) is 0 Å². The van der Waals surface area contributed by atoms with Crippen molar-refractivity contribution in [3.8, 4) is 0 Å². The van der Waals surface area contributed by atoms with E-state index < -0.39 is 0 Å². The molecule has 2 aliphatic carbocycles. The summed E-state index contributed by atoms with van der Waals surface area (Å²) in [6.45, 7) is 0. The van der Waals surface area contributed by atoms with Crippen LogP contribution in [0.1, 0.15) is 36.2 Å². The lowest BCUT2D eigenvalue weighted by Gasteiger charge is -2.24. The van der Waals surface area contributed by atoms with Crippen molar-refractivity contribution in [1.29, 1.82) is 0 Å². The standard InChI is InChI=1S/C14H19NO3/c1-15(14(17)13-3-2-4-18-13)11-5-9-7-12(16)8-10(9)6-11/h2-4,9-12,16H,5-8H2,1H3/t9-,10+,11?,12?. The molecule has 2 aliphatic rings. The lowest BCUT2D eigenvalue weighted by Crippen LogP contribution is -2.35. The van der Waals surface area contributed by atoms with E-state index in [0.717, 1.165) is 25.7 Å². The zero-order valence-electron chi connectivity index (χ0n) is 10.6. The second kappa shape index (κ2) is 4.43. The molecule has 1 amide bonds. The van der Waals surface area contributed by atoms with E-state index in [2.05, 4.69) is 0 Å². The normalized spacial score (nSPS) is 34.6.